The largest absolute Gasteiger partial charge is 0.467 e. The zero-order valence-corrected chi connectivity index (χ0v) is 15.5. The molecule has 0 atom stereocenters. The topological polar surface area (TPSA) is 60.3 Å². The highest BCUT2D eigenvalue weighted by molar-refractivity contribution is 6.01. The molecule has 2 aromatic rings. The van der Waals surface area contributed by atoms with E-state index in [2.05, 4.69) is 22.1 Å². The first-order valence-electron chi connectivity index (χ1n) is 9.54. The molecule has 2 saturated carbocycles. The average Bonchev–Trinajstić information content (AvgIpc) is 3.25. The van der Waals surface area contributed by atoms with E-state index in [9.17, 15) is 9.59 Å². The van der Waals surface area contributed by atoms with E-state index in [0.29, 0.717) is 24.3 Å². The fraction of sp³-hybridized carbons (Fsp3) is 0.524. The predicted molar refractivity (Wildman–Crippen MR) is 100 cm³/mol. The number of methoxy groups -OCH3 is 1. The van der Waals surface area contributed by atoms with Crippen molar-refractivity contribution in [3.05, 3.63) is 35.5 Å². The second-order valence-corrected chi connectivity index (χ2v) is 7.79. The third-order valence-electron chi connectivity index (χ3n) is 6.21. The number of aryl methyl sites for hydroxylation is 1. The van der Waals surface area contributed by atoms with Crippen LogP contribution in [0, 0.1) is 0 Å². The zero-order chi connectivity index (χ0) is 18.3. The van der Waals surface area contributed by atoms with Gasteiger partial charge in [-0.25, -0.2) is 4.79 Å². The van der Waals surface area contributed by atoms with Gasteiger partial charge in [0, 0.05) is 29.7 Å². The number of nitrogens with one attached hydrogen (secondary N) is 1. The van der Waals surface area contributed by atoms with Crippen LogP contribution in [-0.2, 0) is 16.6 Å². The summed E-state index contributed by atoms with van der Waals surface area (Å²) in [6.07, 6.45) is 9.54. The maximum absolute atomic E-state index is 12.8. The Labute approximate surface area is 153 Å². The maximum atomic E-state index is 12.8. The summed E-state index contributed by atoms with van der Waals surface area (Å²) in [6, 6.07) is 5.87. The first kappa shape index (κ1) is 17.1. The molecule has 2 aliphatic carbocycles. The number of nitrogens with zero attached hydrogens (tertiary/aromatic N) is 1. The van der Waals surface area contributed by atoms with Gasteiger partial charge in [0.25, 0.3) is 5.91 Å². The van der Waals surface area contributed by atoms with Gasteiger partial charge in [0.15, 0.2) is 0 Å². The normalized spacial score (nSPS) is 19.3. The summed E-state index contributed by atoms with van der Waals surface area (Å²) in [5.41, 5.74) is 2.22. The summed E-state index contributed by atoms with van der Waals surface area (Å²) in [5.74, 6) is 0.0807. The number of carbonyl (C=O) groups excluding carboxylic acids is 2. The van der Waals surface area contributed by atoms with Gasteiger partial charge in [0.05, 0.1) is 7.11 Å². The van der Waals surface area contributed by atoms with E-state index in [-0.39, 0.29) is 11.9 Å². The Morgan fingerprint density at radius 3 is 2.54 bits per heavy atom. The van der Waals surface area contributed by atoms with Gasteiger partial charge in [0.1, 0.15) is 5.54 Å². The standard InChI is InChI=1S/C21H26N2O3/c1-23-13-17(14-6-3-4-7-14)16-9-8-15(12-18(16)23)19(24)22-21(10-5-11-21)20(25)26-2/h8-9,12-14H,3-7,10-11H2,1-2H3,(H,22,24). The number of fused-ring (bicyclic) bond motifs is 1. The zero-order valence-electron chi connectivity index (χ0n) is 15.5. The summed E-state index contributed by atoms with van der Waals surface area (Å²) >= 11 is 0. The van der Waals surface area contributed by atoms with E-state index in [1.54, 1.807) is 0 Å². The minimum Gasteiger partial charge on any atom is -0.467 e. The van der Waals surface area contributed by atoms with Gasteiger partial charge in [-0.2, -0.15) is 0 Å². The van der Waals surface area contributed by atoms with E-state index >= 15 is 0 Å². The molecule has 138 valence electrons. The van der Waals surface area contributed by atoms with Crippen LogP contribution in [0.5, 0.6) is 0 Å². The Morgan fingerprint density at radius 2 is 1.92 bits per heavy atom. The minimum absolute atomic E-state index is 0.208. The van der Waals surface area contributed by atoms with Crippen LogP contribution in [0.25, 0.3) is 10.9 Å². The Morgan fingerprint density at radius 1 is 1.19 bits per heavy atom. The van der Waals surface area contributed by atoms with Crippen LogP contribution in [0.2, 0.25) is 0 Å². The van der Waals surface area contributed by atoms with Gasteiger partial charge < -0.3 is 14.6 Å². The predicted octanol–water partition coefficient (Wildman–Crippen LogP) is 3.66. The molecule has 0 spiro atoms. The quantitative estimate of drug-likeness (QED) is 0.853. The van der Waals surface area contributed by atoms with E-state index in [1.807, 2.05) is 19.2 Å². The van der Waals surface area contributed by atoms with Crippen molar-refractivity contribution in [2.24, 2.45) is 7.05 Å². The number of hydrogen-bond acceptors (Lipinski definition) is 3. The molecule has 5 nitrogen and oxygen atoms in total. The number of rotatable bonds is 4. The molecule has 0 saturated heterocycles. The van der Waals surface area contributed by atoms with Crippen LogP contribution in [0.15, 0.2) is 24.4 Å². The molecular weight excluding hydrogens is 328 g/mol. The van der Waals surface area contributed by atoms with Crippen LogP contribution in [0.4, 0.5) is 0 Å². The van der Waals surface area contributed by atoms with E-state index in [4.69, 9.17) is 4.74 Å². The molecule has 0 aliphatic heterocycles. The van der Waals surface area contributed by atoms with Crippen LogP contribution in [0.1, 0.15) is 66.8 Å². The molecule has 1 amide bonds. The number of aromatic nitrogens is 1. The highest BCUT2D eigenvalue weighted by Gasteiger charge is 2.46. The fourth-order valence-electron chi connectivity index (χ4n) is 4.51. The van der Waals surface area contributed by atoms with Crippen molar-refractivity contribution in [2.75, 3.05) is 7.11 Å². The maximum Gasteiger partial charge on any atom is 0.331 e. The number of ether oxygens (including phenoxy) is 1. The van der Waals surface area contributed by atoms with Gasteiger partial charge in [-0.3, -0.25) is 4.79 Å². The second-order valence-electron chi connectivity index (χ2n) is 7.79. The van der Waals surface area contributed by atoms with E-state index in [1.165, 1.54) is 43.7 Å². The lowest BCUT2D eigenvalue weighted by Gasteiger charge is -2.39. The third-order valence-corrected chi connectivity index (χ3v) is 6.21. The molecule has 1 heterocycles. The molecular formula is C21H26N2O3. The van der Waals surface area contributed by atoms with Crippen molar-refractivity contribution in [3.8, 4) is 0 Å². The molecule has 1 aromatic carbocycles. The van der Waals surface area contributed by atoms with Crippen molar-refractivity contribution in [3.63, 3.8) is 0 Å². The van der Waals surface area contributed by atoms with Crippen LogP contribution in [-0.4, -0.2) is 29.1 Å². The highest BCUT2D eigenvalue weighted by atomic mass is 16.5. The lowest BCUT2D eigenvalue weighted by Crippen LogP contribution is -2.59. The van der Waals surface area contributed by atoms with Crippen molar-refractivity contribution in [1.29, 1.82) is 0 Å². The SMILES string of the molecule is COC(=O)C1(NC(=O)c2ccc3c(C4CCCC4)cn(C)c3c2)CCC1. The molecule has 5 heteroatoms. The molecule has 1 aromatic heterocycles. The molecule has 0 radical (unpaired) electrons. The van der Waals surface area contributed by atoms with Crippen LogP contribution in [0.3, 0.4) is 0 Å². The van der Waals surface area contributed by atoms with E-state index in [0.717, 1.165) is 11.9 Å². The number of amides is 1. The van der Waals surface area contributed by atoms with E-state index < -0.39 is 5.54 Å². The summed E-state index contributed by atoms with van der Waals surface area (Å²) in [7, 11) is 3.40. The summed E-state index contributed by atoms with van der Waals surface area (Å²) in [4.78, 5) is 24.8. The third kappa shape index (κ3) is 2.70. The molecule has 0 bridgehead atoms. The Balaban J connectivity index is 1.62. The van der Waals surface area contributed by atoms with Gasteiger partial charge in [-0.1, -0.05) is 18.9 Å². The first-order valence-corrected chi connectivity index (χ1v) is 9.54. The Kier molecular flexibility index (Phi) is 4.25. The molecule has 0 unspecified atom stereocenters. The Bertz CT molecular complexity index is 858. The number of hydrogen-bond donors (Lipinski definition) is 1. The van der Waals surface area contributed by atoms with Crippen molar-refractivity contribution in [1.82, 2.24) is 9.88 Å². The second kappa shape index (κ2) is 6.45. The minimum atomic E-state index is -0.843. The molecule has 4 rings (SSSR count). The van der Waals surface area contributed by atoms with Gasteiger partial charge in [-0.15, -0.1) is 0 Å². The number of esters is 1. The molecule has 1 N–H and O–H groups in total. The first-order chi connectivity index (χ1) is 12.5. The number of carbonyl (C=O) groups is 2. The fourth-order valence-corrected chi connectivity index (χ4v) is 4.51. The molecule has 2 fully saturated rings. The summed E-state index contributed by atoms with van der Waals surface area (Å²) < 4.78 is 7.00. The monoisotopic (exact) mass is 354 g/mol. The van der Waals surface area contributed by atoms with Crippen molar-refractivity contribution < 1.29 is 14.3 Å². The smallest absolute Gasteiger partial charge is 0.331 e. The van der Waals surface area contributed by atoms with Crippen LogP contribution < -0.4 is 5.32 Å². The molecule has 2 aliphatic rings. The summed E-state index contributed by atoms with van der Waals surface area (Å²) in [6.45, 7) is 0. The van der Waals surface area contributed by atoms with Crippen LogP contribution >= 0.6 is 0 Å². The number of benzene rings is 1. The molecule has 26 heavy (non-hydrogen) atoms. The summed E-state index contributed by atoms with van der Waals surface area (Å²) in [5, 5.41) is 4.16. The van der Waals surface area contributed by atoms with Crippen molar-refractivity contribution in [2.45, 2.75) is 56.4 Å². The van der Waals surface area contributed by atoms with Crippen molar-refractivity contribution >= 4 is 22.8 Å². The van der Waals surface area contributed by atoms with Gasteiger partial charge >= 0.3 is 5.97 Å². The Hall–Kier alpha value is -2.30. The van der Waals surface area contributed by atoms with Gasteiger partial charge in [0.2, 0.25) is 0 Å². The van der Waals surface area contributed by atoms with Gasteiger partial charge in [-0.05, 0) is 55.7 Å². The average molecular weight is 354 g/mol. The highest BCUT2D eigenvalue weighted by Crippen LogP contribution is 2.39. The lowest BCUT2D eigenvalue weighted by atomic mass is 9.76. The lowest BCUT2D eigenvalue weighted by molar-refractivity contribution is -0.152.